The van der Waals surface area contributed by atoms with E-state index in [1.165, 1.54) is 11.1 Å². The molecule has 0 spiro atoms. The molecule has 1 aromatic heterocycles. The molecule has 0 saturated carbocycles. The lowest BCUT2D eigenvalue weighted by molar-refractivity contribution is 0.751. The van der Waals surface area contributed by atoms with Crippen molar-refractivity contribution in [1.29, 1.82) is 0 Å². The number of nitrogens with zero attached hydrogens (tertiary/aromatic N) is 3. The van der Waals surface area contributed by atoms with Crippen LogP contribution < -0.4 is 0 Å². The summed E-state index contributed by atoms with van der Waals surface area (Å²) in [6, 6.07) is 6.17. The summed E-state index contributed by atoms with van der Waals surface area (Å²) in [6.07, 6.45) is 3.35. The maximum Gasteiger partial charge on any atom is 0.0859 e. The van der Waals surface area contributed by atoms with Crippen molar-refractivity contribution >= 4 is 0 Å². The first-order valence-electron chi connectivity index (χ1n) is 4.21. The van der Waals surface area contributed by atoms with Crippen LogP contribution in [0.4, 0.5) is 0 Å². The van der Waals surface area contributed by atoms with Crippen molar-refractivity contribution < 1.29 is 0 Å². The second-order valence-electron chi connectivity index (χ2n) is 3.09. The van der Waals surface area contributed by atoms with Gasteiger partial charge in [0.2, 0.25) is 0 Å². The summed E-state index contributed by atoms with van der Waals surface area (Å²) >= 11 is 0. The van der Waals surface area contributed by atoms with Gasteiger partial charge in [0.15, 0.2) is 0 Å². The highest BCUT2D eigenvalue weighted by Gasteiger charge is 1.98. The standard InChI is InChI=1S/C10H11N3/c1-8-3-4-10(7-9(8)2)13-11-5-6-12-13/h3-7H,1-2H3. The van der Waals surface area contributed by atoms with Crippen LogP contribution in [0.5, 0.6) is 0 Å². The monoisotopic (exact) mass is 173 g/mol. The molecular weight excluding hydrogens is 162 g/mol. The van der Waals surface area contributed by atoms with Crippen molar-refractivity contribution in [2.75, 3.05) is 0 Å². The normalized spacial score (nSPS) is 10.3. The van der Waals surface area contributed by atoms with Crippen LogP contribution in [-0.2, 0) is 0 Å². The zero-order valence-electron chi connectivity index (χ0n) is 7.73. The smallest absolute Gasteiger partial charge is 0.0859 e. The van der Waals surface area contributed by atoms with E-state index >= 15 is 0 Å². The summed E-state index contributed by atoms with van der Waals surface area (Å²) in [6.45, 7) is 4.18. The Kier molecular flexibility index (Phi) is 1.85. The molecule has 2 rings (SSSR count). The molecule has 0 fully saturated rings. The largest absolute Gasteiger partial charge is 0.157 e. The van der Waals surface area contributed by atoms with Crippen LogP contribution in [0.3, 0.4) is 0 Å². The van der Waals surface area contributed by atoms with Gasteiger partial charge in [-0.3, -0.25) is 0 Å². The van der Waals surface area contributed by atoms with E-state index in [0.717, 1.165) is 5.69 Å². The third-order valence-electron chi connectivity index (χ3n) is 2.14. The molecule has 0 aliphatic carbocycles. The van der Waals surface area contributed by atoms with Crippen molar-refractivity contribution in [2.24, 2.45) is 0 Å². The van der Waals surface area contributed by atoms with E-state index in [1.807, 2.05) is 6.07 Å². The molecule has 2 aromatic rings. The average molecular weight is 173 g/mol. The first kappa shape index (κ1) is 7.98. The Bertz CT molecular complexity index is 404. The molecule has 0 amide bonds. The summed E-state index contributed by atoms with van der Waals surface area (Å²) in [7, 11) is 0. The predicted octanol–water partition coefficient (Wildman–Crippen LogP) is 1.88. The fourth-order valence-electron chi connectivity index (χ4n) is 1.20. The van der Waals surface area contributed by atoms with Crippen LogP contribution in [0.25, 0.3) is 5.69 Å². The van der Waals surface area contributed by atoms with Gasteiger partial charge in [0, 0.05) is 0 Å². The minimum atomic E-state index is 1.01. The molecule has 3 heteroatoms. The minimum absolute atomic E-state index is 1.01. The van der Waals surface area contributed by atoms with Gasteiger partial charge >= 0.3 is 0 Å². The number of benzene rings is 1. The summed E-state index contributed by atoms with van der Waals surface area (Å²) < 4.78 is 0. The Labute approximate surface area is 77.0 Å². The van der Waals surface area contributed by atoms with Gasteiger partial charge in [0.25, 0.3) is 0 Å². The SMILES string of the molecule is Cc1ccc(-n2nccn2)cc1C. The second kappa shape index (κ2) is 3.01. The van der Waals surface area contributed by atoms with E-state index in [1.54, 1.807) is 17.2 Å². The molecule has 3 nitrogen and oxygen atoms in total. The van der Waals surface area contributed by atoms with Crippen LogP contribution in [0, 0.1) is 13.8 Å². The minimum Gasteiger partial charge on any atom is -0.157 e. The van der Waals surface area contributed by atoms with Gasteiger partial charge in [-0.15, -0.1) is 0 Å². The quantitative estimate of drug-likeness (QED) is 0.659. The van der Waals surface area contributed by atoms with Gasteiger partial charge in [0.05, 0.1) is 18.1 Å². The number of aromatic nitrogens is 3. The van der Waals surface area contributed by atoms with Crippen LogP contribution in [0.1, 0.15) is 11.1 Å². The lowest BCUT2D eigenvalue weighted by Gasteiger charge is -2.03. The molecule has 0 radical (unpaired) electrons. The van der Waals surface area contributed by atoms with Crippen molar-refractivity contribution in [3.05, 3.63) is 41.7 Å². The van der Waals surface area contributed by atoms with Crippen molar-refractivity contribution in [1.82, 2.24) is 15.0 Å². The van der Waals surface area contributed by atoms with E-state index in [9.17, 15) is 0 Å². The van der Waals surface area contributed by atoms with Crippen molar-refractivity contribution in [2.45, 2.75) is 13.8 Å². The molecule has 1 heterocycles. The topological polar surface area (TPSA) is 30.7 Å². The van der Waals surface area contributed by atoms with Gasteiger partial charge in [-0.25, -0.2) is 0 Å². The van der Waals surface area contributed by atoms with Crippen LogP contribution in [0.15, 0.2) is 30.6 Å². The molecular formula is C10H11N3. The van der Waals surface area contributed by atoms with Gasteiger partial charge in [-0.1, -0.05) is 6.07 Å². The average Bonchev–Trinajstić information content (AvgIpc) is 2.62. The zero-order chi connectivity index (χ0) is 9.26. The Morgan fingerprint density at radius 2 is 1.69 bits per heavy atom. The molecule has 0 aliphatic heterocycles. The van der Waals surface area contributed by atoms with E-state index in [4.69, 9.17) is 0 Å². The molecule has 0 aliphatic rings. The molecule has 0 saturated heterocycles. The molecule has 66 valence electrons. The maximum atomic E-state index is 4.06. The second-order valence-corrected chi connectivity index (χ2v) is 3.09. The summed E-state index contributed by atoms with van der Waals surface area (Å²) in [5.41, 5.74) is 3.55. The number of hydrogen-bond donors (Lipinski definition) is 0. The number of rotatable bonds is 1. The van der Waals surface area contributed by atoms with Crippen LogP contribution in [-0.4, -0.2) is 15.0 Å². The molecule has 13 heavy (non-hydrogen) atoms. The third kappa shape index (κ3) is 1.45. The summed E-state index contributed by atoms with van der Waals surface area (Å²) in [5.74, 6) is 0. The zero-order valence-corrected chi connectivity index (χ0v) is 7.73. The molecule has 1 aromatic carbocycles. The van der Waals surface area contributed by atoms with Crippen LogP contribution >= 0.6 is 0 Å². The van der Waals surface area contributed by atoms with Crippen molar-refractivity contribution in [3.8, 4) is 5.69 Å². The summed E-state index contributed by atoms with van der Waals surface area (Å²) in [4.78, 5) is 1.62. The Hall–Kier alpha value is -1.64. The van der Waals surface area contributed by atoms with Crippen LogP contribution in [0.2, 0.25) is 0 Å². The fourth-order valence-corrected chi connectivity index (χ4v) is 1.20. The predicted molar refractivity (Wildman–Crippen MR) is 50.8 cm³/mol. The Morgan fingerprint density at radius 1 is 1.00 bits per heavy atom. The summed E-state index contributed by atoms with van der Waals surface area (Å²) in [5, 5.41) is 8.13. The van der Waals surface area contributed by atoms with Crippen molar-refractivity contribution in [3.63, 3.8) is 0 Å². The first-order valence-corrected chi connectivity index (χ1v) is 4.21. The first-order chi connectivity index (χ1) is 6.27. The molecule has 0 N–H and O–H groups in total. The Morgan fingerprint density at radius 3 is 2.31 bits per heavy atom. The van der Waals surface area contributed by atoms with Gasteiger partial charge in [-0.2, -0.15) is 15.0 Å². The third-order valence-corrected chi connectivity index (χ3v) is 2.14. The van der Waals surface area contributed by atoms with E-state index < -0.39 is 0 Å². The van der Waals surface area contributed by atoms with E-state index in [-0.39, 0.29) is 0 Å². The Balaban J connectivity index is 2.49. The molecule has 0 bridgehead atoms. The maximum absolute atomic E-state index is 4.06. The lowest BCUT2D eigenvalue weighted by atomic mass is 10.1. The molecule has 0 atom stereocenters. The highest BCUT2D eigenvalue weighted by atomic mass is 15.5. The van der Waals surface area contributed by atoms with Gasteiger partial charge < -0.3 is 0 Å². The highest BCUT2D eigenvalue weighted by Crippen LogP contribution is 2.11. The van der Waals surface area contributed by atoms with E-state index in [0.29, 0.717) is 0 Å². The highest BCUT2D eigenvalue weighted by molar-refractivity contribution is 5.37. The number of hydrogen-bond acceptors (Lipinski definition) is 2. The fraction of sp³-hybridized carbons (Fsp3) is 0.200. The molecule has 0 unspecified atom stereocenters. The van der Waals surface area contributed by atoms with Gasteiger partial charge in [0.1, 0.15) is 0 Å². The number of aryl methyl sites for hydroxylation is 2. The lowest BCUT2D eigenvalue weighted by Crippen LogP contribution is -1.98. The van der Waals surface area contributed by atoms with E-state index in [2.05, 4.69) is 36.2 Å². The van der Waals surface area contributed by atoms with Gasteiger partial charge in [-0.05, 0) is 37.1 Å².